The summed E-state index contributed by atoms with van der Waals surface area (Å²) in [6.45, 7) is 8.10. The number of benzene rings is 1. The van der Waals surface area contributed by atoms with Crippen LogP contribution in [0.3, 0.4) is 0 Å². The molecular formula is C14H21NO2. The molecule has 3 nitrogen and oxygen atoms in total. The van der Waals surface area contributed by atoms with Gasteiger partial charge in [0.15, 0.2) is 0 Å². The Morgan fingerprint density at radius 1 is 0.941 bits per heavy atom. The van der Waals surface area contributed by atoms with Crippen molar-refractivity contribution in [2.75, 3.05) is 0 Å². The van der Waals surface area contributed by atoms with Gasteiger partial charge in [-0.1, -0.05) is 33.8 Å². The highest BCUT2D eigenvalue weighted by molar-refractivity contribution is 5.56. The lowest BCUT2D eigenvalue weighted by atomic mass is 9.91. The van der Waals surface area contributed by atoms with E-state index in [1.54, 1.807) is 0 Å². The van der Waals surface area contributed by atoms with Crippen molar-refractivity contribution in [2.45, 2.75) is 53.4 Å². The lowest BCUT2D eigenvalue weighted by Gasteiger charge is -2.14. The number of rotatable bonds is 5. The second-order valence-corrected chi connectivity index (χ2v) is 4.17. The number of nitrogens with zero attached hydrogens (tertiary/aromatic N) is 1. The van der Waals surface area contributed by atoms with Crippen molar-refractivity contribution < 1.29 is 4.92 Å². The average Bonchev–Trinajstić information content (AvgIpc) is 2.35. The number of nitro benzene ring substituents is 1. The van der Waals surface area contributed by atoms with Crippen molar-refractivity contribution in [3.8, 4) is 0 Å². The third kappa shape index (κ3) is 2.48. The minimum Gasteiger partial charge on any atom is -0.258 e. The molecule has 0 saturated heterocycles. The van der Waals surface area contributed by atoms with E-state index in [4.69, 9.17) is 0 Å². The molecule has 17 heavy (non-hydrogen) atoms. The maximum Gasteiger partial charge on any atom is 0.276 e. The minimum atomic E-state index is -0.198. The Morgan fingerprint density at radius 3 is 1.59 bits per heavy atom. The third-order valence-electron chi connectivity index (χ3n) is 3.35. The van der Waals surface area contributed by atoms with Crippen LogP contribution in [0.5, 0.6) is 0 Å². The summed E-state index contributed by atoms with van der Waals surface area (Å²) >= 11 is 0. The van der Waals surface area contributed by atoms with Gasteiger partial charge in [-0.25, -0.2) is 0 Å². The SMILES string of the molecule is CCc1cc(CC)c(CC)c([N+](=O)[O-])c1CC. The Hall–Kier alpha value is -1.38. The first-order chi connectivity index (χ1) is 8.10. The molecule has 0 spiro atoms. The van der Waals surface area contributed by atoms with Crippen LogP contribution in [-0.2, 0) is 25.7 Å². The molecule has 94 valence electrons. The van der Waals surface area contributed by atoms with Gasteiger partial charge in [-0.05, 0) is 36.8 Å². The highest BCUT2D eigenvalue weighted by atomic mass is 16.6. The summed E-state index contributed by atoms with van der Waals surface area (Å²) in [5, 5.41) is 11.3. The Labute approximate surface area is 103 Å². The highest BCUT2D eigenvalue weighted by Crippen LogP contribution is 2.32. The van der Waals surface area contributed by atoms with E-state index in [1.807, 2.05) is 13.8 Å². The Bertz CT molecular complexity index is 394. The molecule has 0 saturated carbocycles. The summed E-state index contributed by atoms with van der Waals surface area (Å²) in [6.07, 6.45) is 3.19. The van der Waals surface area contributed by atoms with Gasteiger partial charge in [0, 0.05) is 11.1 Å². The zero-order chi connectivity index (χ0) is 13.0. The molecule has 0 aliphatic carbocycles. The molecule has 1 rings (SSSR count). The second kappa shape index (κ2) is 5.80. The van der Waals surface area contributed by atoms with Crippen LogP contribution in [0.25, 0.3) is 0 Å². The maximum absolute atomic E-state index is 11.3. The fourth-order valence-corrected chi connectivity index (χ4v) is 2.51. The van der Waals surface area contributed by atoms with Crippen molar-refractivity contribution in [3.63, 3.8) is 0 Å². The van der Waals surface area contributed by atoms with Gasteiger partial charge in [0.25, 0.3) is 5.69 Å². The molecule has 0 amide bonds. The Morgan fingerprint density at radius 2 is 1.35 bits per heavy atom. The summed E-state index contributed by atoms with van der Waals surface area (Å²) in [5.74, 6) is 0. The molecule has 0 aliphatic rings. The molecule has 0 heterocycles. The monoisotopic (exact) mass is 235 g/mol. The van der Waals surface area contributed by atoms with Crippen LogP contribution < -0.4 is 0 Å². The first kappa shape index (κ1) is 13.7. The van der Waals surface area contributed by atoms with Crippen LogP contribution in [0.4, 0.5) is 5.69 Å². The number of aryl methyl sites for hydroxylation is 2. The van der Waals surface area contributed by atoms with Gasteiger partial charge in [-0.3, -0.25) is 10.1 Å². The van der Waals surface area contributed by atoms with E-state index in [-0.39, 0.29) is 4.92 Å². The molecule has 1 aromatic carbocycles. The van der Waals surface area contributed by atoms with Gasteiger partial charge in [0.2, 0.25) is 0 Å². The van der Waals surface area contributed by atoms with Gasteiger partial charge in [0.1, 0.15) is 0 Å². The molecule has 0 atom stereocenters. The van der Waals surface area contributed by atoms with Crippen molar-refractivity contribution >= 4 is 5.69 Å². The smallest absolute Gasteiger partial charge is 0.258 e. The van der Waals surface area contributed by atoms with Gasteiger partial charge in [-0.2, -0.15) is 0 Å². The zero-order valence-corrected chi connectivity index (χ0v) is 11.2. The average molecular weight is 235 g/mol. The molecular weight excluding hydrogens is 214 g/mol. The van der Waals surface area contributed by atoms with Crippen molar-refractivity contribution in [1.82, 2.24) is 0 Å². The second-order valence-electron chi connectivity index (χ2n) is 4.17. The summed E-state index contributed by atoms with van der Waals surface area (Å²) in [5.41, 5.74) is 4.48. The van der Waals surface area contributed by atoms with Gasteiger partial charge in [-0.15, -0.1) is 0 Å². The quantitative estimate of drug-likeness (QED) is 0.574. The molecule has 0 bridgehead atoms. The molecule has 0 fully saturated rings. The predicted molar refractivity (Wildman–Crippen MR) is 70.6 cm³/mol. The Kier molecular flexibility index (Phi) is 4.67. The van der Waals surface area contributed by atoms with Crippen molar-refractivity contribution in [2.24, 2.45) is 0 Å². The maximum atomic E-state index is 11.3. The standard InChI is InChI=1S/C14H21NO2/c1-5-10-9-11(6-2)13(8-4)14(15(16)17)12(10)7-3/h9H,5-8H2,1-4H3. The van der Waals surface area contributed by atoms with Crippen LogP contribution in [0.15, 0.2) is 6.07 Å². The molecule has 0 unspecified atom stereocenters. The lowest BCUT2D eigenvalue weighted by molar-refractivity contribution is -0.386. The first-order valence-electron chi connectivity index (χ1n) is 6.41. The first-order valence-corrected chi connectivity index (χ1v) is 6.41. The normalized spacial score (nSPS) is 10.6. The third-order valence-corrected chi connectivity index (χ3v) is 3.35. The zero-order valence-electron chi connectivity index (χ0n) is 11.2. The lowest BCUT2D eigenvalue weighted by Crippen LogP contribution is -2.06. The molecule has 0 N–H and O–H groups in total. The molecule has 0 radical (unpaired) electrons. The van der Waals surface area contributed by atoms with E-state index < -0.39 is 0 Å². The number of hydrogen-bond donors (Lipinski definition) is 0. The van der Waals surface area contributed by atoms with Crippen LogP contribution >= 0.6 is 0 Å². The van der Waals surface area contributed by atoms with Crippen LogP contribution in [0.1, 0.15) is 49.9 Å². The van der Waals surface area contributed by atoms with Gasteiger partial charge >= 0.3 is 0 Å². The van der Waals surface area contributed by atoms with E-state index in [0.29, 0.717) is 5.69 Å². The number of nitro groups is 1. The van der Waals surface area contributed by atoms with E-state index in [9.17, 15) is 10.1 Å². The summed E-state index contributed by atoms with van der Waals surface area (Å²) in [4.78, 5) is 11.1. The fourth-order valence-electron chi connectivity index (χ4n) is 2.51. The van der Waals surface area contributed by atoms with Gasteiger partial charge < -0.3 is 0 Å². The van der Waals surface area contributed by atoms with Crippen LogP contribution in [-0.4, -0.2) is 4.92 Å². The number of hydrogen-bond acceptors (Lipinski definition) is 2. The predicted octanol–water partition coefficient (Wildman–Crippen LogP) is 3.84. The molecule has 1 aromatic rings. The van der Waals surface area contributed by atoms with E-state index >= 15 is 0 Å². The van der Waals surface area contributed by atoms with Gasteiger partial charge in [0.05, 0.1) is 4.92 Å². The fraction of sp³-hybridized carbons (Fsp3) is 0.571. The largest absolute Gasteiger partial charge is 0.276 e. The van der Waals surface area contributed by atoms with E-state index in [1.165, 1.54) is 0 Å². The summed E-state index contributed by atoms with van der Waals surface area (Å²) in [6, 6.07) is 2.16. The van der Waals surface area contributed by atoms with Crippen LogP contribution in [0.2, 0.25) is 0 Å². The molecule has 0 aromatic heterocycles. The summed E-state index contributed by atoms with van der Waals surface area (Å²) in [7, 11) is 0. The van der Waals surface area contributed by atoms with E-state index in [0.717, 1.165) is 47.9 Å². The highest BCUT2D eigenvalue weighted by Gasteiger charge is 2.23. The molecule has 0 aliphatic heterocycles. The van der Waals surface area contributed by atoms with Crippen LogP contribution in [0, 0.1) is 10.1 Å². The van der Waals surface area contributed by atoms with Crippen molar-refractivity contribution in [1.29, 1.82) is 0 Å². The van der Waals surface area contributed by atoms with Crippen molar-refractivity contribution in [3.05, 3.63) is 38.4 Å². The topological polar surface area (TPSA) is 43.1 Å². The minimum absolute atomic E-state index is 0.198. The Balaban J connectivity index is 3.63. The summed E-state index contributed by atoms with van der Waals surface area (Å²) < 4.78 is 0. The molecule has 3 heteroatoms. The van der Waals surface area contributed by atoms with E-state index in [2.05, 4.69) is 19.9 Å².